The maximum absolute atomic E-state index is 13.1. The molecule has 3 rings (SSSR count). The lowest BCUT2D eigenvalue weighted by atomic mass is 9.96. The van der Waals surface area contributed by atoms with Crippen LogP contribution in [-0.4, -0.2) is 34.0 Å². The number of halogens is 1. The summed E-state index contributed by atoms with van der Waals surface area (Å²) < 4.78 is 13.1. The van der Waals surface area contributed by atoms with Gasteiger partial charge in [0, 0.05) is 28.3 Å². The van der Waals surface area contributed by atoms with Gasteiger partial charge in [-0.3, -0.25) is 0 Å². The predicted octanol–water partition coefficient (Wildman–Crippen LogP) is 4.70. The Morgan fingerprint density at radius 1 is 1.33 bits per heavy atom. The number of aliphatic hydroxyl groups is 1. The number of hydrogen-bond acceptors (Lipinski definition) is 4. The first kappa shape index (κ1) is 20.2. The highest BCUT2D eigenvalue weighted by molar-refractivity contribution is 7.99. The molecule has 0 amide bonds. The summed E-state index contributed by atoms with van der Waals surface area (Å²) in [5, 5.41) is 13.3. The van der Waals surface area contributed by atoms with Crippen LogP contribution in [-0.2, 0) is 0 Å². The van der Waals surface area contributed by atoms with Crippen LogP contribution in [0.5, 0.6) is 0 Å². The van der Waals surface area contributed by atoms with Crippen molar-refractivity contribution in [2.75, 3.05) is 24.2 Å². The van der Waals surface area contributed by atoms with E-state index in [1.54, 1.807) is 23.5 Å². The number of thiocarbonyl (C=S) groups is 1. The molecular weight excluding hydrogens is 399 g/mol. The number of hydrogen-bond donors (Lipinski definition) is 2. The first-order valence-corrected chi connectivity index (χ1v) is 10.8. The van der Waals surface area contributed by atoms with E-state index in [-0.39, 0.29) is 17.8 Å². The fourth-order valence-electron chi connectivity index (χ4n) is 2.47. The van der Waals surface area contributed by atoms with Gasteiger partial charge in [-0.15, -0.1) is 23.1 Å². The van der Waals surface area contributed by atoms with Crippen LogP contribution in [0.4, 0.5) is 10.1 Å². The van der Waals surface area contributed by atoms with Crippen molar-refractivity contribution in [2.45, 2.75) is 19.2 Å². The SMILES string of the molecule is CC(C)(C#Cc1ccc([C@@H]2SCCN2C(=S)Nc2ccc(F)cc2)s1)CO. The maximum Gasteiger partial charge on any atom is 0.174 e. The number of aliphatic hydroxyl groups excluding tert-OH is 1. The summed E-state index contributed by atoms with van der Waals surface area (Å²) in [4.78, 5) is 4.34. The molecule has 27 heavy (non-hydrogen) atoms. The van der Waals surface area contributed by atoms with Crippen molar-refractivity contribution < 1.29 is 9.50 Å². The molecule has 7 heteroatoms. The van der Waals surface area contributed by atoms with E-state index in [0.29, 0.717) is 5.11 Å². The number of thiophene rings is 1. The van der Waals surface area contributed by atoms with E-state index in [1.165, 1.54) is 17.0 Å². The average molecular weight is 421 g/mol. The van der Waals surface area contributed by atoms with Gasteiger partial charge >= 0.3 is 0 Å². The van der Waals surface area contributed by atoms with Crippen LogP contribution in [0.15, 0.2) is 36.4 Å². The lowest BCUT2D eigenvalue weighted by Gasteiger charge is -2.26. The van der Waals surface area contributed by atoms with Crippen LogP contribution >= 0.6 is 35.3 Å². The highest BCUT2D eigenvalue weighted by Gasteiger charge is 2.29. The van der Waals surface area contributed by atoms with Crippen molar-refractivity contribution in [1.82, 2.24) is 4.90 Å². The summed E-state index contributed by atoms with van der Waals surface area (Å²) >= 11 is 9.09. The molecule has 2 aromatic rings. The summed E-state index contributed by atoms with van der Waals surface area (Å²) in [6.07, 6.45) is 0. The minimum Gasteiger partial charge on any atom is -0.395 e. The van der Waals surface area contributed by atoms with Crippen molar-refractivity contribution in [3.8, 4) is 11.8 Å². The normalized spacial score (nSPS) is 16.7. The second kappa shape index (κ2) is 8.61. The highest BCUT2D eigenvalue weighted by Crippen LogP contribution is 2.41. The third-order valence-corrected chi connectivity index (χ3v) is 6.82. The monoisotopic (exact) mass is 420 g/mol. The summed E-state index contributed by atoms with van der Waals surface area (Å²) in [6, 6.07) is 10.3. The first-order chi connectivity index (χ1) is 12.9. The Balaban J connectivity index is 1.71. The molecule has 1 fully saturated rings. The zero-order valence-electron chi connectivity index (χ0n) is 15.2. The van der Waals surface area contributed by atoms with Crippen LogP contribution < -0.4 is 5.32 Å². The topological polar surface area (TPSA) is 35.5 Å². The van der Waals surface area contributed by atoms with Crippen LogP contribution in [0, 0.1) is 23.1 Å². The largest absolute Gasteiger partial charge is 0.395 e. The Kier molecular flexibility index (Phi) is 6.43. The minimum absolute atomic E-state index is 0.0355. The Labute approximate surface area is 173 Å². The van der Waals surface area contributed by atoms with Gasteiger partial charge in [0.15, 0.2) is 5.11 Å². The molecule has 1 aliphatic rings. The number of rotatable bonds is 3. The van der Waals surface area contributed by atoms with Gasteiger partial charge in [-0.05, 0) is 62.5 Å². The molecule has 0 spiro atoms. The van der Waals surface area contributed by atoms with Crippen LogP contribution in [0.25, 0.3) is 0 Å². The van der Waals surface area contributed by atoms with Crippen LogP contribution in [0.3, 0.4) is 0 Å². The smallest absolute Gasteiger partial charge is 0.174 e. The van der Waals surface area contributed by atoms with E-state index >= 15 is 0 Å². The standard InChI is InChI=1S/C20H21FN2OS3/c1-20(2,13-24)10-9-16-7-8-17(27-16)18-23(11-12-26-18)19(25)22-15-5-3-14(21)4-6-15/h3-8,18,24H,11-13H2,1-2H3,(H,22,25)/t18-/m0/s1. The Morgan fingerprint density at radius 2 is 2.07 bits per heavy atom. The summed E-state index contributed by atoms with van der Waals surface area (Å²) in [7, 11) is 0. The molecule has 0 radical (unpaired) electrons. The van der Waals surface area contributed by atoms with E-state index in [1.807, 2.05) is 31.7 Å². The summed E-state index contributed by atoms with van der Waals surface area (Å²) in [5.41, 5.74) is 0.375. The first-order valence-electron chi connectivity index (χ1n) is 8.56. The van der Waals surface area contributed by atoms with Gasteiger partial charge in [-0.1, -0.05) is 11.8 Å². The molecule has 3 nitrogen and oxygen atoms in total. The lowest BCUT2D eigenvalue weighted by molar-refractivity contribution is 0.207. The van der Waals surface area contributed by atoms with E-state index < -0.39 is 5.41 Å². The molecule has 1 atom stereocenters. The number of thioether (sulfide) groups is 1. The molecule has 0 saturated carbocycles. The minimum atomic E-state index is -0.404. The second-order valence-electron chi connectivity index (χ2n) is 6.85. The highest BCUT2D eigenvalue weighted by atomic mass is 32.2. The van der Waals surface area contributed by atoms with Gasteiger partial charge in [-0.25, -0.2) is 4.39 Å². The molecule has 1 saturated heterocycles. The van der Waals surface area contributed by atoms with Gasteiger partial charge in [0.05, 0.1) is 11.5 Å². The Morgan fingerprint density at radius 3 is 2.78 bits per heavy atom. The van der Waals surface area contributed by atoms with Crippen molar-refractivity contribution in [3.05, 3.63) is 52.0 Å². The fourth-order valence-corrected chi connectivity index (χ4v) is 5.21. The van der Waals surface area contributed by atoms with E-state index in [2.05, 4.69) is 28.1 Å². The van der Waals surface area contributed by atoms with E-state index in [4.69, 9.17) is 12.2 Å². The molecule has 0 unspecified atom stereocenters. The summed E-state index contributed by atoms with van der Waals surface area (Å²) in [5.74, 6) is 7.01. The zero-order valence-corrected chi connectivity index (χ0v) is 17.6. The molecule has 142 valence electrons. The fraction of sp³-hybridized carbons (Fsp3) is 0.350. The van der Waals surface area contributed by atoms with E-state index in [9.17, 15) is 9.50 Å². The van der Waals surface area contributed by atoms with Crippen molar-refractivity contribution >= 4 is 46.1 Å². The third-order valence-electron chi connectivity index (χ3n) is 4.04. The number of nitrogens with zero attached hydrogens (tertiary/aromatic N) is 1. The maximum atomic E-state index is 13.1. The van der Waals surface area contributed by atoms with Gasteiger partial charge < -0.3 is 15.3 Å². The van der Waals surface area contributed by atoms with Gasteiger partial charge in [0.2, 0.25) is 0 Å². The van der Waals surface area contributed by atoms with Gasteiger partial charge in [0.25, 0.3) is 0 Å². The van der Waals surface area contributed by atoms with Crippen molar-refractivity contribution in [1.29, 1.82) is 0 Å². The Hall–Kier alpha value is -1.59. The van der Waals surface area contributed by atoms with Gasteiger partial charge in [0.1, 0.15) is 11.2 Å². The predicted molar refractivity (Wildman–Crippen MR) is 117 cm³/mol. The molecule has 0 bridgehead atoms. The molecular formula is C20H21FN2OS3. The van der Waals surface area contributed by atoms with Crippen molar-refractivity contribution in [3.63, 3.8) is 0 Å². The number of benzene rings is 1. The lowest BCUT2D eigenvalue weighted by Crippen LogP contribution is -2.33. The van der Waals surface area contributed by atoms with Crippen molar-refractivity contribution in [2.24, 2.45) is 5.41 Å². The van der Waals surface area contributed by atoms with Crippen LogP contribution in [0.1, 0.15) is 29.0 Å². The Bertz CT molecular complexity index is 867. The summed E-state index contributed by atoms with van der Waals surface area (Å²) in [6.45, 7) is 4.73. The quantitative estimate of drug-likeness (QED) is 0.556. The van der Waals surface area contributed by atoms with E-state index in [0.717, 1.165) is 22.9 Å². The third kappa shape index (κ3) is 5.23. The van der Waals surface area contributed by atoms with Gasteiger partial charge in [-0.2, -0.15) is 0 Å². The zero-order chi connectivity index (χ0) is 19.4. The average Bonchev–Trinajstić information content (AvgIpc) is 3.31. The number of anilines is 1. The molecule has 1 aromatic carbocycles. The van der Waals surface area contributed by atoms with Crippen LogP contribution in [0.2, 0.25) is 0 Å². The molecule has 1 aliphatic heterocycles. The molecule has 2 heterocycles. The molecule has 0 aliphatic carbocycles. The molecule has 1 aromatic heterocycles. The molecule has 2 N–H and O–H groups in total. The number of nitrogens with one attached hydrogen (secondary N) is 1. The second-order valence-corrected chi connectivity index (χ2v) is 9.54.